The zero-order valence-corrected chi connectivity index (χ0v) is 25.9. The number of non-ortho nitro benzene ring substituents is 1. The van der Waals surface area contributed by atoms with Crippen molar-refractivity contribution in [3.8, 4) is 5.75 Å². The van der Waals surface area contributed by atoms with E-state index in [-0.39, 0.29) is 23.8 Å². The van der Waals surface area contributed by atoms with Crippen LogP contribution in [0.3, 0.4) is 0 Å². The van der Waals surface area contributed by atoms with E-state index in [0.717, 1.165) is 5.56 Å². The second-order valence-electron chi connectivity index (χ2n) is 8.98. The predicted molar refractivity (Wildman–Crippen MR) is 159 cm³/mol. The van der Waals surface area contributed by atoms with Gasteiger partial charge in [-0.05, 0) is 31.2 Å². The van der Waals surface area contributed by atoms with Crippen LogP contribution in [0.15, 0.2) is 53.4 Å². The van der Waals surface area contributed by atoms with Crippen molar-refractivity contribution < 1.29 is 55.4 Å². The Bertz CT molecular complexity index is 1120. The largest absolute Gasteiger partial charge is 0.491 e. The quantitative estimate of drug-likeness (QED) is 0.0576. The Morgan fingerprint density at radius 1 is 0.545 bits per heavy atom. The smallest absolute Gasteiger partial charge is 0.297 e. The van der Waals surface area contributed by atoms with Crippen molar-refractivity contribution in [3.63, 3.8) is 0 Å². The van der Waals surface area contributed by atoms with E-state index in [1.807, 2.05) is 6.92 Å². The number of nitrogens with zero attached hydrogens (tertiary/aromatic N) is 1. The summed E-state index contributed by atoms with van der Waals surface area (Å²) in [5, 5.41) is 10.6. The van der Waals surface area contributed by atoms with Gasteiger partial charge in [0.1, 0.15) is 12.4 Å². The van der Waals surface area contributed by atoms with Crippen LogP contribution in [-0.2, 0) is 47.5 Å². The maximum atomic E-state index is 12.1. The van der Waals surface area contributed by atoms with Crippen molar-refractivity contribution >= 4 is 15.8 Å². The van der Waals surface area contributed by atoms with Crippen LogP contribution in [0.5, 0.6) is 5.75 Å². The molecule has 0 amide bonds. The first kappa shape index (κ1) is 37.5. The Morgan fingerprint density at radius 3 is 1.30 bits per heavy atom. The van der Waals surface area contributed by atoms with Crippen LogP contribution in [0, 0.1) is 17.0 Å². The normalized spacial score (nSPS) is 11.6. The van der Waals surface area contributed by atoms with Gasteiger partial charge in [-0.15, -0.1) is 0 Å². The van der Waals surface area contributed by atoms with Crippen molar-refractivity contribution in [2.75, 3.05) is 106 Å². The second kappa shape index (κ2) is 23.6. The van der Waals surface area contributed by atoms with E-state index in [1.54, 1.807) is 24.3 Å². The fraction of sp³-hybridized carbons (Fsp3) is 0.586. The number of benzene rings is 2. The summed E-state index contributed by atoms with van der Waals surface area (Å²) in [5.41, 5.74) is 0.987. The van der Waals surface area contributed by atoms with E-state index in [9.17, 15) is 18.5 Å². The van der Waals surface area contributed by atoms with Gasteiger partial charge in [0.2, 0.25) is 0 Å². The lowest BCUT2D eigenvalue weighted by Gasteiger charge is -2.09. The van der Waals surface area contributed by atoms with E-state index in [1.165, 1.54) is 24.3 Å². The van der Waals surface area contributed by atoms with E-state index >= 15 is 0 Å². The van der Waals surface area contributed by atoms with Gasteiger partial charge >= 0.3 is 0 Å². The van der Waals surface area contributed by atoms with Gasteiger partial charge in [0, 0.05) is 12.1 Å². The lowest BCUT2D eigenvalue weighted by atomic mass is 10.2. The third-order valence-electron chi connectivity index (χ3n) is 5.55. The van der Waals surface area contributed by atoms with Crippen molar-refractivity contribution in [2.45, 2.75) is 11.8 Å². The zero-order valence-electron chi connectivity index (χ0n) is 25.1. The number of rotatable bonds is 28. The third-order valence-corrected chi connectivity index (χ3v) is 6.88. The molecule has 0 saturated carbocycles. The number of aryl methyl sites for hydroxylation is 1. The van der Waals surface area contributed by atoms with Crippen LogP contribution in [0.2, 0.25) is 0 Å². The Labute approximate surface area is 258 Å². The van der Waals surface area contributed by atoms with Crippen LogP contribution in [-0.4, -0.2) is 119 Å². The molecular formula is C29H43NO13S. The summed E-state index contributed by atoms with van der Waals surface area (Å²) in [5.74, 6) is 0.546. The molecule has 0 aliphatic heterocycles. The molecule has 0 aliphatic rings. The molecule has 15 heteroatoms. The summed E-state index contributed by atoms with van der Waals surface area (Å²) in [4.78, 5) is 10.3. The monoisotopic (exact) mass is 645 g/mol. The Hall–Kier alpha value is -2.73. The van der Waals surface area contributed by atoms with Crippen LogP contribution in [0.1, 0.15) is 5.56 Å². The molecule has 0 heterocycles. The molecule has 248 valence electrons. The van der Waals surface area contributed by atoms with Crippen LogP contribution >= 0.6 is 0 Å². The fourth-order valence-corrected chi connectivity index (χ4v) is 4.17. The third kappa shape index (κ3) is 18.2. The Morgan fingerprint density at radius 2 is 0.909 bits per heavy atom. The molecule has 14 nitrogen and oxygen atoms in total. The van der Waals surface area contributed by atoms with Crippen molar-refractivity contribution in [3.05, 3.63) is 64.2 Å². The highest BCUT2D eigenvalue weighted by Gasteiger charge is 2.14. The molecule has 2 aromatic carbocycles. The minimum Gasteiger partial charge on any atom is -0.491 e. The number of hydrogen-bond donors (Lipinski definition) is 0. The first-order chi connectivity index (χ1) is 21.4. The van der Waals surface area contributed by atoms with E-state index in [4.69, 9.17) is 42.1 Å². The second-order valence-corrected chi connectivity index (χ2v) is 10.6. The van der Waals surface area contributed by atoms with Gasteiger partial charge in [-0.25, -0.2) is 0 Å². The van der Waals surface area contributed by atoms with E-state index < -0.39 is 15.0 Å². The number of hydrogen-bond acceptors (Lipinski definition) is 13. The summed E-state index contributed by atoms with van der Waals surface area (Å²) < 4.78 is 72.4. The van der Waals surface area contributed by atoms with E-state index in [0.29, 0.717) is 98.2 Å². The molecule has 0 N–H and O–H groups in total. The Kier molecular flexibility index (Phi) is 20.1. The van der Waals surface area contributed by atoms with Gasteiger partial charge in [0.05, 0.1) is 109 Å². The summed E-state index contributed by atoms with van der Waals surface area (Å²) in [7, 11) is -3.78. The maximum absolute atomic E-state index is 12.1. The predicted octanol–water partition coefficient (Wildman–Crippen LogP) is 2.80. The number of nitro benzene ring substituents is 1. The molecule has 0 bridgehead atoms. The van der Waals surface area contributed by atoms with Crippen molar-refractivity contribution in [2.24, 2.45) is 0 Å². The van der Waals surface area contributed by atoms with Crippen molar-refractivity contribution in [1.29, 1.82) is 0 Å². The molecular weight excluding hydrogens is 602 g/mol. The molecule has 2 aromatic rings. The highest BCUT2D eigenvalue weighted by Crippen LogP contribution is 2.17. The molecule has 2 rings (SSSR count). The SMILES string of the molecule is Cc1ccc(S(=O)(=O)OCCOCCOCCOCCOCCOCCOCCOCCOc2ccc([N+](=O)[O-])cc2)cc1. The minimum absolute atomic E-state index is 0.0178. The molecule has 0 fully saturated rings. The topological polar surface area (TPSA) is 160 Å². The molecule has 0 unspecified atom stereocenters. The first-order valence-electron chi connectivity index (χ1n) is 14.3. The highest BCUT2D eigenvalue weighted by atomic mass is 32.2. The summed E-state index contributed by atoms with van der Waals surface area (Å²) in [6, 6.07) is 12.3. The summed E-state index contributed by atoms with van der Waals surface area (Å²) in [6.45, 7) is 7.70. The summed E-state index contributed by atoms with van der Waals surface area (Å²) >= 11 is 0. The van der Waals surface area contributed by atoms with Gasteiger partial charge in [-0.1, -0.05) is 17.7 Å². The highest BCUT2D eigenvalue weighted by molar-refractivity contribution is 7.86. The first-order valence-corrected chi connectivity index (χ1v) is 15.7. The molecule has 0 atom stereocenters. The summed E-state index contributed by atoms with van der Waals surface area (Å²) in [6.07, 6.45) is 0. The number of ether oxygens (including phenoxy) is 8. The molecule has 44 heavy (non-hydrogen) atoms. The van der Waals surface area contributed by atoms with Crippen LogP contribution < -0.4 is 4.74 Å². The minimum atomic E-state index is -3.78. The van der Waals surface area contributed by atoms with Crippen LogP contribution in [0.25, 0.3) is 0 Å². The zero-order chi connectivity index (χ0) is 31.7. The van der Waals surface area contributed by atoms with Gasteiger partial charge in [0.15, 0.2) is 0 Å². The Balaban J connectivity index is 1.23. The van der Waals surface area contributed by atoms with Gasteiger partial charge in [0.25, 0.3) is 15.8 Å². The lowest BCUT2D eigenvalue weighted by molar-refractivity contribution is -0.384. The molecule has 0 radical (unpaired) electrons. The number of nitro groups is 1. The average Bonchev–Trinajstić information content (AvgIpc) is 3.01. The van der Waals surface area contributed by atoms with Gasteiger partial charge in [-0.2, -0.15) is 8.42 Å². The molecule has 0 saturated heterocycles. The lowest BCUT2D eigenvalue weighted by Crippen LogP contribution is -2.15. The van der Waals surface area contributed by atoms with Gasteiger partial charge in [-0.3, -0.25) is 14.3 Å². The van der Waals surface area contributed by atoms with Crippen molar-refractivity contribution in [1.82, 2.24) is 0 Å². The average molecular weight is 646 g/mol. The molecule has 0 aliphatic carbocycles. The molecule has 0 spiro atoms. The standard InChI is InChI=1S/C29H43NO13S/c1-26-2-8-29(9-3-26)44(33,34)43-25-23-41-21-19-39-17-15-37-13-11-35-10-12-36-14-16-38-18-20-40-22-24-42-28-6-4-27(5-7-28)30(31)32/h2-9H,10-25H2,1H3. The van der Waals surface area contributed by atoms with Gasteiger partial charge < -0.3 is 37.9 Å². The van der Waals surface area contributed by atoms with E-state index in [2.05, 4.69) is 0 Å². The fourth-order valence-electron chi connectivity index (χ4n) is 3.28. The molecule has 0 aromatic heterocycles. The van der Waals surface area contributed by atoms with Crippen LogP contribution in [0.4, 0.5) is 5.69 Å². The maximum Gasteiger partial charge on any atom is 0.297 e.